The summed E-state index contributed by atoms with van der Waals surface area (Å²) >= 11 is 0. The van der Waals surface area contributed by atoms with Crippen molar-refractivity contribution in [2.24, 2.45) is 4.99 Å². The molecule has 0 spiro atoms. The van der Waals surface area contributed by atoms with E-state index in [1.807, 2.05) is 26.4 Å². The van der Waals surface area contributed by atoms with Crippen molar-refractivity contribution in [1.82, 2.24) is 19.8 Å². The SMILES string of the molecule is CN=C(NCc1cccc(Cn2ccnc2C)c1)N1CCC(OCC2CCCCO2)CC1. The maximum atomic E-state index is 6.16. The summed E-state index contributed by atoms with van der Waals surface area (Å²) in [4.78, 5) is 11.2. The van der Waals surface area contributed by atoms with E-state index in [0.717, 1.165) is 70.4 Å². The van der Waals surface area contributed by atoms with E-state index in [0.29, 0.717) is 12.2 Å². The van der Waals surface area contributed by atoms with Crippen LogP contribution < -0.4 is 5.32 Å². The Labute approximate surface area is 191 Å². The zero-order valence-electron chi connectivity index (χ0n) is 19.5. The van der Waals surface area contributed by atoms with Gasteiger partial charge in [-0.25, -0.2) is 4.98 Å². The van der Waals surface area contributed by atoms with Crippen molar-refractivity contribution in [3.8, 4) is 0 Å². The highest BCUT2D eigenvalue weighted by Gasteiger charge is 2.23. The molecule has 0 bridgehead atoms. The predicted molar refractivity (Wildman–Crippen MR) is 127 cm³/mol. The molecule has 1 aromatic carbocycles. The van der Waals surface area contributed by atoms with Gasteiger partial charge >= 0.3 is 0 Å². The van der Waals surface area contributed by atoms with Crippen molar-refractivity contribution < 1.29 is 9.47 Å². The fourth-order valence-corrected chi connectivity index (χ4v) is 4.54. The van der Waals surface area contributed by atoms with Gasteiger partial charge in [-0.15, -0.1) is 0 Å². The third kappa shape index (κ3) is 6.33. The second-order valence-electron chi connectivity index (χ2n) is 8.83. The smallest absolute Gasteiger partial charge is 0.193 e. The first kappa shape index (κ1) is 22.8. The Morgan fingerprint density at radius 2 is 2.06 bits per heavy atom. The molecule has 7 heteroatoms. The Balaban J connectivity index is 1.22. The number of hydrogen-bond donors (Lipinski definition) is 1. The largest absolute Gasteiger partial charge is 0.376 e. The van der Waals surface area contributed by atoms with Crippen LogP contribution in [0.1, 0.15) is 49.1 Å². The van der Waals surface area contributed by atoms with Gasteiger partial charge in [-0.2, -0.15) is 0 Å². The van der Waals surface area contributed by atoms with Crippen LogP contribution in [0, 0.1) is 6.92 Å². The minimum Gasteiger partial charge on any atom is -0.376 e. The molecule has 2 aliphatic rings. The summed E-state index contributed by atoms with van der Waals surface area (Å²) in [6.07, 6.45) is 10.2. The van der Waals surface area contributed by atoms with Crippen LogP contribution in [0.3, 0.4) is 0 Å². The average molecular weight is 440 g/mol. The van der Waals surface area contributed by atoms with Crippen molar-refractivity contribution in [3.63, 3.8) is 0 Å². The third-order valence-corrected chi connectivity index (χ3v) is 6.46. The van der Waals surface area contributed by atoms with E-state index < -0.39 is 0 Å². The fraction of sp³-hybridized carbons (Fsp3) is 0.600. The molecule has 32 heavy (non-hydrogen) atoms. The lowest BCUT2D eigenvalue weighted by atomic mass is 10.1. The summed E-state index contributed by atoms with van der Waals surface area (Å²) in [6, 6.07) is 8.71. The maximum Gasteiger partial charge on any atom is 0.193 e. The number of imidazole rings is 1. The molecule has 0 amide bonds. The number of nitrogens with one attached hydrogen (secondary N) is 1. The van der Waals surface area contributed by atoms with Crippen LogP contribution in [0.2, 0.25) is 0 Å². The van der Waals surface area contributed by atoms with Gasteiger partial charge in [0.15, 0.2) is 5.96 Å². The van der Waals surface area contributed by atoms with Crippen LogP contribution in [-0.4, -0.2) is 66.0 Å². The normalized spacial score (nSPS) is 20.5. The highest BCUT2D eigenvalue weighted by Crippen LogP contribution is 2.18. The summed E-state index contributed by atoms with van der Waals surface area (Å²) in [5, 5.41) is 3.55. The summed E-state index contributed by atoms with van der Waals surface area (Å²) in [5.41, 5.74) is 2.53. The predicted octanol–water partition coefficient (Wildman–Crippen LogP) is 3.37. The van der Waals surface area contributed by atoms with E-state index in [2.05, 4.69) is 49.0 Å². The van der Waals surface area contributed by atoms with Crippen LogP contribution in [-0.2, 0) is 22.6 Å². The number of aromatic nitrogens is 2. The number of benzene rings is 1. The van der Waals surface area contributed by atoms with E-state index in [9.17, 15) is 0 Å². The van der Waals surface area contributed by atoms with Gasteiger partial charge in [-0.3, -0.25) is 4.99 Å². The van der Waals surface area contributed by atoms with Crippen LogP contribution >= 0.6 is 0 Å². The Morgan fingerprint density at radius 3 is 2.78 bits per heavy atom. The van der Waals surface area contributed by atoms with Crippen molar-refractivity contribution in [1.29, 1.82) is 0 Å². The number of ether oxygens (including phenoxy) is 2. The minimum atomic E-state index is 0.296. The lowest BCUT2D eigenvalue weighted by Gasteiger charge is -2.35. The van der Waals surface area contributed by atoms with E-state index >= 15 is 0 Å². The van der Waals surface area contributed by atoms with E-state index in [4.69, 9.17) is 9.47 Å². The Morgan fingerprint density at radius 1 is 1.22 bits per heavy atom. The Kier molecular flexibility index (Phi) is 8.18. The third-order valence-electron chi connectivity index (χ3n) is 6.46. The lowest BCUT2D eigenvalue weighted by molar-refractivity contribution is -0.0721. The molecule has 3 heterocycles. The monoisotopic (exact) mass is 439 g/mol. The molecule has 174 valence electrons. The number of likely N-dealkylation sites (tertiary alicyclic amines) is 1. The Bertz CT molecular complexity index is 867. The molecule has 2 saturated heterocycles. The summed E-state index contributed by atoms with van der Waals surface area (Å²) in [7, 11) is 1.86. The molecular weight excluding hydrogens is 402 g/mol. The van der Waals surface area contributed by atoms with E-state index in [1.165, 1.54) is 24.0 Å². The van der Waals surface area contributed by atoms with Gasteiger partial charge in [0.05, 0.1) is 18.8 Å². The topological polar surface area (TPSA) is 63.9 Å². The molecule has 2 aliphatic heterocycles. The Hall–Kier alpha value is -2.38. The van der Waals surface area contributed by atoms with E-state index in [1.54, 1.807) is 0 Å². The van der Waals surface area contributed by atoms with Gasteiger partial charge < -0.3 is 24.3 Å². The fourth-order valence-electron chi connectivity index (χ4n) is 4.54. The summed E-state index contributed by atoms with van der Waals surface area (Å²) in [5.74, 6) is 2.00. The average Bonchev–Trinajstić information content (AvgIpc) is 3.24. The first-order chi connectivity index (χ1) is 15.7. The van der Waals surface area contributed by atoms with Crippen molar-refractivity contribution >= 4 is 5.96 Å². The minimum absolute atomic E-state index is 0.296. The molecule has 2 fully saturated rings. The molecule has 0 saturated carbocycles. The molecule has 1 unspecified atom stereocenters. The highest BCUT2D eigenvalue weighted by atomic mass is 16.5. The molecule has 1 N–H and O–H groups in total. The number of aryl methyl sites for hydroxylation is 1. The van der Waals surface area contributed by atoms with Gasteiger partial charge in [0.1, 0.15) is 5.82 Å². The molecular formula is C25H37N5O2. The van der Waals surface area contributed by atoms with Crippen LogP contribution in [0.5, 0.6) is 0 Å². The molecule has 7 nitrogen and oxygen atoms in total. The zero-order chi connectivity index (χ0) is 22.2. The molecule has 4 rings (SSSR count). The molecule has 2 aromatic rings. The van der Waals surface area contributed by atoms with Gasteiger partial charge in [-0.1, -0.05) is 24.3 Å². The first-order valence-corrected chi connectivity index (χ1v) is 12.0. The first-order valence-electron chi connectivity index (χ1n) is 12.0. The second kappa shape index (κ2) is 11.5. The van der Waals surface area contributed by atoms with Crippen molar-refractivity contribution in [2.45, 2.75) is 64.3 Å². The van der Waals surface area contributed by atoms with Gasteiger partial charge in [0, 0.05) is 52.2 Å². The number of nitrogens with zero attached hydrogens (tertiary/aromatic N) is 4. The molecule has 1 aromatic heterocycles. The number of piperidine rings is 1. The molecule has 1 atom stereocenters. The van der Waals surface area contributed by atoms with Gasteiger partial charge in [-0.05, 0) is 50.2 Å². The lowest BCUT2D eigenvalue weighted by Crippen LogP contribution is -2.47. The quantitative estimate of drug-likeness (QED) is 0.529. The maximum absolute atomic E-state index is 6.16. The number of aliphatic imine (C=N–C) groups is 1. The second-order valence-corrected chi connectivity index (χ2v) is 8.83. The summed E-state index contributed by atoms with van der Waals surface area (Å²) in [6.45, 7) is 7.21. The molecule has 0 aliphatic carbocycles. The van der Waals surface area contributed by atoms with Crippen LogP contribution in [0.4, 0.5) is 0 Å². The summed E-state index contributed by atoms with van der Waals surface area (Å²) < 4.78 is 14.1. The number of rotatable bonds is 7. The van der Waals surface area contributed by atoms with Gasteiger partial charge in [0.2, 0.25) is 0 Å². The van der Waals surface area contributed by atoms with Crippen LogP contribution in [0.25, 0.3) is 0 Å². The standard InChI is InChI=1S/C25H37N5O2/c1-20-27-11-14-30(20)18-22-7-5-6-21(16-22)17-28-25(26-2)29-12-9-23(10-13-29)32-19-24-8-3-4-15-31-24/h5-7,11,14,16,23-24H,3-4,8-10,12-13,15,17-19H2,1-2H3,(H,26,28). The van der Waals surface area contributed by atoms with Crippen molar-refractivity contribution in [2.75, 3.05) is 33.4 Å². The number of hydrogen-bond acceptors (Lipinski definition) is 4. The van der Waals surface area contributed by atoms with Crippen LogP contribution in [0.15, 0.2) is 41.7 Å². The molecule has 0 radical (unpaired) electrons. The number of guanidine groups is 1. The van der Waals surface area contributed by atoms with E-state index in [-0.39, 0.29) is 0 Å². The zero-order valence-corrected chi connectivity index (χ0v) is 19.5. The van der Waals surface area contributed by atoms with Gasteiger partial charge in [0.25, 0.3) is 0 Å². The highest BCUT2D eigenvalue weighted by molar-refractivity contribution is 5.80. The van der Waals surface area contributed by atoms with Crippen molar-refractivity contribution in [3.05, 3.63) is 53.6 Å².